The molecule has 0 fully saturated rings. The van der Waals surface area contributed by atoms with Crippen molar-refractivity contribution in [2.24, 2.45) is 0 Å². The van der Waals surface area contributed by atoms with Gasteiger partial charge in [0.2, 0.25) is 0 Å². The molecule has 0 unspecified atom stereocenters. The molecule has 1 aromatic rings. The first-order valence-electron chi connectivity index (χ1n) is 5.57. The summed E-state index contributed by atoms with van der Waals surface area (Å²) in [6, 6.07) is 7.46. The third-order valence-electron chi connectivity index (χ3n) is 2.44. The first kappa shape index (κ1) is 13.5. The average Bonchev–Trinajstić information content (AvgIpc) is 2.32. The Morgan fingerprint density at radius 2 is 2.24 bits per heavy atom. The number of nitrogens with zero attached hydrogens (tertiary/aromatic N) is 1. The molecule has 0 bridgehead atoms. The zero-order valence-corrected chi connectivity index (χ0v) is 10.5. The zero-order chi connectivity index (χ0) is 12.7. The van der Waals surface area contributed by atoms with E-state index in [9.17, 15) is 4.79 Å². The summed E-state index contributed by atoms with van der Waals surface area (Å²) in [6.45, 7) is 2.44. The predicted molar refractivity (Wildman–Crippen MR) is 68.0 cm³/mol. The number of carbonyl (C=O) groups excluding carboxylic acids is 1. The average molecular weight is 251 g/mol. The Balaban J connectivity index is 2.48. The number of amides is 1. The highest BCUT2D eigenvalue weighted by Gasteiger charge is 2.10. The molecular formula is C13H15ClN2O. The smallest absolute Gasteiger partial charge is 0.252 e. The molecule has 1 N–H and O–H groups in total. The second-order valence-electron chi connectivity index (χ2n) is 3.81. The van der Waals surface area contributed by atoms with Crippen LogP contribution in [-0.4, -0.2) is 12.5 Å². The van der Waals surface area contributed by atoms with Gasteiger partial charge in [0, 0.05) is 13.0 Å². The van der Waals surface area contributed by atoms with E-state index in [0.29, 0.717) is 23.6 Å². The van der Waals surface area contributed by atoms with E-state index < -0.39 is 0 Å². The summed E-state index contributed by atoms with van der Waals surface area (Å²) < 4.78 is 0. The van der Waals surface area contributed by atoms with Crippen LogP contribution in [0.15, 0.2) is 18.2 Å². The molecule has 0 aliphatic carbocycles. The van der Waals surface area contributed by atoms with Gasteiger partial charge in [-0.15, -0.1) is 0 Å². The molecule has 4 heteroatoms. The highest BCUT2D eigenvalue weighted by atomic mass is 35.5. The summed E-state index contributed by atoms with van der Waals surface area (Å²) in [7, 11) is 0. The molecule has 0 heterocycles. The summed E-state index contributed by atoms with van der Waals surface area (Å²) in [5.74, 6) is -0.157. The van der Waals surface area contributed by atoms with Gasteiger partial charge in [-0.3, -0.25) is 4.79 Å². The summed E-state index contributed by atoms with van der Waals surface area (Å²) in [5, 5.41) is 11.7. The monoisotopic (exact) mass is 250 g/mol. The van der Waals surface area contributed by atoms with Crippen molar-refractivity contribution in [1.82, 2.24) is 5.32 Å². The van der Waals surface area contributed by atoms with Crippen LogP contribution in [0, 0.1) is 18.3 Å². The molecule has 1 aromatic carbocycles. The lowest BCUT2D eigenvalue weighted by molar-refractivity contribution is 0.0953. The number of halogens is 1. The number of nitriles is 1. The zero-order valence-electron chi connectivity index (χ0n) is 9.79. The van der Waals surface area contributed by atoms with Crippen LogP contribution in [0.3, 0.4) is 0 Å². The van der Waals surface area contributed by atoms with Gasteiger partial charge >= 0.3 is 0 Å². The highest BCUT2D eigenvalue weighted by Crippen LogP contribution is 2.19. The minimum Gasteiger partial charge on any atom is -0.352 e. The molecule has 1 amide bonds. The molecule has 0 radical (unpaired) electrons. The van der Waals surface area contributed by atoms with Gasteiger partial charge < -0.3 is 5.32 Å². The van der Waals surface area contributed by atoms with Crippen molar-refractivity contribution in [3.05, 3.63) is 34.3 Å². The fourth-order valence-corrected chi connectivity index (χ4v) is 1.66. The maximum atomic E-state index is 11.8. The third-order valence-corrected chi connectivity index (χ3v) is 2.94. The van der Waals surface area contributed by atoms with E-state index >= 15 is 0 Å². The molecule has 0 aliphatic heterocycles. The van der Waals surface area contributed by atoms with E-state index in [4.69, 9.17) is 16.9 Å². The van der Waals surface area contributed by atoms with Gasteiger partial charge in [-0.2, -0.15) is 5.26 Å². The quantitative estimate of drug-likeness (QED) is 0.817. The van der Waals surface area contributed by atoms with Crippen molar-refractivity contribution in [2.75, 3.05) is 6.54 Å². The number of benzene rings is 1. The van der Waals surface area contributed by atoms with Crippen LogP contribution in [0.2, 0.25) is 5.02 Å². The van der Waals surface area contributed by atoms with Crippen LogP contribution in [0.25, 0.3) is 0 Å². The van der Waals surface area contributed by atoms with Crippen molar-refractivity contribution in [2.45, 2.75) is 26.2 Å². The number of carbonyl (C=O) groups is 1. The lowest BCUT2D eigenvalue weighted by Gasteiger charge is -2.07. The van der Waals surface area contributed by atoms with Gasteiger partial charge in [-0.05, 0) is 31.4 Å². The maximum Gasteiger partial charge on any atom is 0.252 e. The lowest BCUT2D eigenvalue weighted by Crippen LogP contribution is -2.24. The molecule has 0 atom stereocenters. The molecule has 0 saturated carbocycles. The standard InChI is InChI=1S/C13H15ClN2O/c1-10-6-5-7-11(12(10)14)13(17)16-9-4-2-3-8-15/h5-7H,2-4,9H2,1H3,(H,16,17). The minimum absolute atomic E-state index is 0.157. The first-order valence-corrected chi connectivity index (χ1v) is 5.95. The Morgan fingerprint density at radius 1 is 1.47 bits per heavy atom. The minimum atomic E-state index is -0.157. The van der Waals surface area contributed by atoms with Crippen molar-refractivity contribution >= 4 is 17.5 Å². The SMILES string of the molecule is Cc1cccc(C(=O)NCCCCC#N)c1Cl. The molecular weight excluding hydrogens is 236 g/mol. The Hall–Kier alpha value is -1.53. The number of hydrogen-bond donors (Lipinski definition) is 1. The lowest BCUT2D eigenvalue weighted by atomic mass is 10.1. The van der Waals surface area contributed by atoms with Crippen LogP contribution >= 0.6 is 11.6 Å². The van der Waals surface area contributed by atoms with E-state index in [1.165, 1.54) is 0 Å². The van der Waals surface area contributed by atoms with E-state index in [2.05, 4.69) is 11.4 Å². The predicted octanol–water partition coefficient (Wildman–Crippen LogP) is 3.07. The molecule has 0 spiro atoms. The van der Waals surface area contributed by atoms with Gasteiger partial charge in [-0.1, -0.05) is 23.7 Å². The number of unbranched alkanes of at least 4 members (excludes halogenated alkanes) is 2. The Kier molecular flexibility index (Phi) is 5.51. The van der Waals surface area contributed by atoms with Crippen LogP contribution < -0.4 is 5.32 Å². The summed E-state index contributed by atoms with van der Waals surface area (Å²) in [6.07, 6.45) is 2.14. The summed E-state index contributed by atoms with van der Waals surface area (Å²) >= 11 is 6.05. The largest absolute Gasteiger partial charge is 0.352 e. The molecule has 0 aliphatic rings. The maximum absolute atomic E-state index is 11.8. The number of nitrogens with one attached hydrogen (secondary N) is 1. The van der Waals surface area contributed by atoms with Crippen LogP contribution in [0.1, 0.15) is 35.2 Å². The van der Waals surface area contributed by atoms with Gasteiger partial charge in [-0.25, -0.2) is 0 Å². The third kappa shape index (κ3) is 4.08. The molecule has 0 aromatic heterocycles. The van der Waals surface area contributed by atoms with Crippen molar-refractivity contribution in [3.8, 4) is 6.07 Å². The van der Waals surface area contributed by atoms with Gasteiger partial charge in [0.25, 0.3) is 5.91 Å². The Bertz CT molecular complexity index is 438. The second-order valence-corrected chi connectivity index (χ2v) is 4.19. The van der Waals surface area contributed by atoms with E-state index in [1.54, 1.807) is 6.07 Å². The van der Waals surface area contributed by atoms with Crippen LogP contribution in [-0.2, 0) is 0 Å². The second kappa shape index (κ2) is 6.93. The first-order chi connectivity index (χ1) is 8.16. The molecule has 17 heavy (non-hydrogen) atoms. The number of rotatable bonds is 5. The molecule has 0 saturated heterocycles. The summed E-state index contributed by atoms with van der Waals surface area (Å²) in [4.78, 5) is 11.8. The van der Waals surface area contributed by atoms with E-state index in [0.717, 1.165) is 18.4 Å². The van der Waals surface area contributed by atoms with Crippen molar-refractivity contribution in [3.63, 3.8) is 0 Å². The van der Waals surface area contributed by atoms with Crippen LogP contribution in [0.5, 0.6) is 0 Å². The van der Waals surface area contributed by atoms with Crippen LogP contribution in [0.4, 0.5) is 0 Å². The van der Waals surface area contributed by atoms with Crippen molar-refractivity contribution in [1.29, 1.82) is 5.26 Å². The fourth-order valence-electron chi connectivity index (χ4n) is 1.45. The van der Waals surface area contributed by atoms with Gasteiger partial charge in [0.15, 0.2) is 0 Å². The van der Waals surface area contributed by atoms with Gasteiger partial charge in [0.1, 0.15) is 0 Å². The molecule has 3 nitrogen and oxygen atoms in total. The fraction of sp³-hybridized carbons (Fsp3) is 0.385. The van der Waals surface area contributed by atoms with E-state index in [-0.39, 0.29) is 5.91 Å². The van der Waals surface area contributed by atoms with Crippen molar-refractivity contribution < 1.29 is 4.79 Å². The Labute approximate surface area is 106 Å². The topological polar surface area (TPSA) is 52.9 Å². The molecule has 90 valence electrons. The van der Waals surface area contributed by atoms with Gasteiger partial charge in [0.05, 0.1) is 16.7 Å². The number of aryl methyl sites for hydroxylation is 1. The summed E-state index contributed by atoms with van der Waals surface area (Å²) in [5.41, 5.74) is 1.40. The highest BCUT2D eigenvalue weighted by molar-refractivity contribution is 6.34. The molecule has 1 rings (SSSR count). The normalized spacial score (nSPS) is 9.71. The Morgan fingerprint density at radius 3 is 2.94 bits per heavy atom. The number of hydrogen-bond acceptors (Lipinski definition) is 2. The van der Waals surface area contributed by atoms with E-state index in [1.807, 2.05) is 19.1 Å².